The summed E-state index contributed by atoms with van der Waals surface area (Å²) in [6, 6.07) is 1.38. The summed E-state index contributed by atoms with van der Waals surface area (Å²) in [4.78, 5) is 10.7. The van der Waals surface area contributed by atoms with Crippen molar-refractivity contribution < 1.29 is 9.90 Å². The van der Waals surface area contributed by atoms with Gasteiger partial charge in [0.2, 0.25) is 0 Å². The Labute approximate surface area is 177 Å². The van der Waals surface area contributed by atoms with E-state index in [1.165, 1.54) is 18.9 Å². The summed E-state index contributed by atoms with van der Waals surface area (Å²) < 4.78 is 0. The summed E-state index contributed by atoms with van der Waals surface area (Å²) in [5, 5.41) is 8.79. The highest BCUT2D eigenvalue weighted by Gasteiger charge is 2.24. The van der Waals surface area contributed by atoms with Crippen LogP contribution in [0.25, 0.3) is 0 Å². The second-order valence-electron chi connectivity index (χ2n) is 10.8. The molecule has 3 nitrogen and oxygen atoms in total. The van der Waals surface area contributed by atoms with Gasteiger partial charge in [0.1, 0.15) is 8.07 Å². The van der Waals surface area contributed by atoms with Crippen molar-refractivity contribution in [3.05, 3.63) is 0 Å². The Morgan fingerprint density at radius 1 is 0.857 bits per heavy atom. The average molecular weight is 426 g/mol. The van der Waals surface area contributed by atoms with E-state index in [0.717, 1.165) is 57.8 Å². The minimum Gasteiger partial charge on any atom is -0.481 e. The Hall–Kier alpha value is -0.576. The molecule has 0 radical (unpaired) electrons. The van der Waals surface area contributed by atoms with Crippen molar-refractivity contribution in [2.24, 2.45) is 5.73 Å². The molecule has 0 spiro atoms. The maximum absolute atomic E-state index is 10.7. The lowest BCUT2D eigenvalue weighted by atomic mass is 9.83. The summed E-state index contributed by atoms with van der Waals surface area (Å²) in [7, 11) is -2.21. The van der Waals surface area contributed by atoms with E-state index in [2.05, 4.69) is 50.7 Å². The molecular weight excluding hydrogens is 378 g/mol. The van der Waals surface area contributed by atoms with Gasteiger partial charge in [0.25, 0.3) is 0 Å². The lowest BCUT2D eigenvalue weighted by molar-refractivity contribution is -0.137. The molecule has 0 saturated heterocycles. The van der Waals surface area contributed by atoms with Gasteiger partial charge < -0.3 is 10.8 Å². The first kappa shape index (κ1) is 27.4. The highest BCUT2D eigenvalue weighted by Crippen LogP contribution is 2.27. The molecule has 0 fully saturated rings. The quantitative estimate of drug-likeness (QED) is 0.175. The molecule has 164 valence electrons. The Bertz CT molecular complexity index is 497. The van der Waals surface area contributed by atoms with E-state index in [1.807, 2.05) is 0 Å². The molecule has 3 N–H and O–H groups in total. The number of hydrogen-bond donors (Lipinski definition) is 2. The van der Waals surface area contributed by atoms with Crippen LogP contribution in [-0.4, -0.2) is 32.8 Å². The Morgan fingerprint density at radius 2 is 1.39 bits per heavy atom. The predicted molar refractivity (Wildman–Crippen MR) is 129 cm³/mol. The number of aliphatic carboxylic acids is 1. The van der Waals surface area contributed by atoms with Crippen LogP contribution in [-0.2, 0) is 4.79 Å². The van der Waals surface area contributed by atoms with Crippen molar-refractivity contribution >= 4 is 22.1 Å². The van der Waals surface area contributed by atoms with Crippen LogP contribution in [0.15, 0.2) is 0 Å². The van der Waals surface area contributed by atoms with E-state index >= 15 is 0 Å². The fourth-order valence-electron chi connectivity index (χ4n) is 3.46. The number of rotatable bonds is 15. The first-order valence-electron chi connectivity index (χ1n) is 11.3. The van der Waals surface area contributed by atoms with Crippen molar-refractivity contribution in [2.45, 2.75) is 128 Å². The molecule has 0 bridgehead atoms. The molecule has 0 aromatic carbocycles. The maximum Gasteiger partial charge on any atom is 0.303 e. The van der Waals surface area contributed by atoms with Gasteiger partial charge in [0.15, 0.2) is 0 Å². The Kier molecular flexibility index (Phi) is 13.3. The number of hydrogen-bond acceptors (Lipinski definition) is 2. The standard InChI is InChI=1S/C23H47NO2Si2/c1-27(2,3)20-14-8-7-11-17-23(24,18-12-9-10-16-22(25)26)19-13-15-21-28(4,5)6/h7-13,15-19,21,24H2,1-6H3,(H,25,26). The minimum atomic E-state index is -1.25. The predicted octanol–water partition coefficient (Wildman–Crippen LogP) is 6.67. The number of unbranched alkanes of at least 4 members (excludes halogenated alkanes) is 5. The average Bonchev–Trinajstić information content (AvgIpc) is 2.53. The zero-order valence-corrected chi connectivity index (χ0v) is 21.6. The van der Waals surface area contributed by atoms with Gasteiger partial charge in [-0.2, -0.15) is 0 Å². The smallest absolute Gasteiger partial charge is 0.303 e. The number of carboxylic acid groups (broad SMARTS) is 1. The van der Waals surface area contributed by atoms with Crippen molar-refractivity contribution in [3.63, 3.8) is 0 Å². The van der Waals surface area contributed by atoms with E-state index in [9.17, 15) is 4.79 Å². The monoisotopic (exact) mass is 425 g/mol. The van der Waals surface area contributed by atoms with Crippen LogP contribution in [0.2, 0.25) is 45.3 Å². The summed E-state index contributed by atoms with van der Waals surface area (Å²) >= 11 is 0. The van der Waals surface area contributed by atoms with Gasteiger partial charge in [-0.3, -0.25) is 4.79 Å². The van der Waals surface area contributed by atoms with Crippen LogP contribution >= 0.6 is 0 Å². The maximum atomic E-state index is 10.7. The summed E-state index contributed by atoms with van der Waals surface area (Å²) in [6.07, 6.45) is 12.1. The number of carboxylic acids is 1. The van der Waals surface area contributed by atoms with Crippen LogP contribution < -0.4 is 5.73 Å². The molecule has 5 heteroatoms. The van der Waals surface area contributed by atoms with Crippen LogP contribution in [0.4, 0.5) is 0 Å². The summed E-state index contributed by atoms with van der Waals surface area (Å²) in [5.74, 6) is 2.68. The minimum absolute atomic E-state index is 0.0745. The molecule has 0 aromatic heterocycles. The van der Waals surface area contributed by atoms with Crippen molar-refractivity contribution in [1.82, 2.24) is 0 Å². The lowest BCUT2D eigenvalue weighted by Crippen LogP contribution is -2.39. The fraction of sp³-hybridized carbons (Fsp3) is 0.870. The molecule has 1 atom stereocenters. The van der Waals surface area contributed by atoms with Crippen LogP contribution in [0, 0.1) is 11.5 Å². The first-order valence-corrected chi connectivity index (χ1v) is 18.5. The van der Waals surface area contributed by atoms with Crippen molar-refractivity contribution in [2.75, 3.05) is 0 Å². The largest absolute Gasteiger partial charge is 0.481 e. The van der Waals surface area contributed by atoms with Gasteiger partial charge in [-0.05, 0) is 32.1 Å². The van der Waals surface area contributed by atoms with Gasteiger partial charge in [-0.1, -0.05) is 77.4 Å². The molecule has 0 saturated carbocycles. The van der Waals surface area contributed by atoms with Gasteiger partial charge in [-0.25, -0.2) is 0 Å². The van der Waals surface area contributed by atoms with E-state index in [-0.39, 0.29) is 12.0 Å². The normalized spacial score (nSPS) is 14.2. The molecule has 0 aliphatic heterocycles. The van der Waals surface area contributed by atoms with Crippen molar-refractivity contribution in [1.29, 1.82) is 0 Å². The second kappa shape index (κ2) is 13.6. The topological polar surface area (TPSA) is 63.3 Å². The van der Waals surface area contributed by atoms with Gasteiger partial charge in [0, 0.05) is 26.5 Å². The van der Waals surface area contributed by atoms with Gasteiger partial charge in [-0.15, -0.1) is 11.5 Å². The van der Waals surface area contributed by atoms with Crippen LogP contribution in [0.3, 0.4) is 0 Å². The molecular formula is C23H47NO2Si2. The molecule has 0 rings (SSSR count). The van der Waals surface area contributed by atoms with E-state index in [1.54, 1.807) is 0 Å². The van der Waals surface area contributed by atoms with E-state index in [4.69, 9.17) is 10.8 Å². The zero-order chi connectivity index (χ0) is 21.7. The molecule has 0 aliphatic rings. The molecule has 0 aromatic rings. The third-order valence-electron chi connectivity index (χ3n) is 5.11. The number of carbonyl (C=O) groups is 1. The van der Waals surface area contributed by atoms with Crippen LogP contribution in [0.1, 0.15) is 77.0 Å². The van der Waals surface area contributed by atoms with Crippen LogP contribution in [0.5, 0.6) is 0 Å². The Morgan fingerprint density at radius 3 is 1.89 bits per heavy atom. The molecule has 1 unspecified atom stereocenters. The summed E-state index contributed by atoms with van der Waals surface area (Å²) in [6.45, 7) is 14.2. The summed E-state index contributed by atoms with van der Waals surface area (Å²) in [5.41, 5.74) is 10.2. The molecule has 28 heavy (non-hydrogen) atoms. The van der Waals surface area contributed by atoms with E-state index in [0.29, 0.717) is 0 Å². The molecule has 0 amide bonds. The highest BCUT2D eigenvalue weighted by atomic mass is 28.3. The zero-order valence-electron chi connectivity index (χ0n) is 19.6. The SMILES string of the molecule is C[Si](C)(C)C#CCCCCC(N)(CCCCCC(=O)O)CCCC[Si](C)(C)C. The van der Waals surface area contributed by atoms with Gasteiger partial charge in [0.05, 0.1) is 0 Å². The first-order chi connectivity index (χ1) is 12.8. The van der Waals surface area contributed by atoms with E-state index < -0.39 is 22.1 Å². The lowest BCUT2D eigenvalue weighted by Gasteiger charge is -2.30. The second-order valence-corrected chi connectivity index (χ2v) is 21.2. The third-order valence-corrected chi connectivity index (χ3v) is 7.89. The number of nitrogens with two attached hydrogens (primary N) is 1. The van der Waals surface area contributed by atoms with Gasteiger partial charge >= 0.3 is 5.97 Å². The Balaban J connectivity index is 4.39. The fourth-order valence-corrected chi connectivity index (χ4v) is 5.42. The third kappa shape index (κ3) is 18.8. The van der Waals surface area contributed by atoms with Crippen molar-refractivity contribution in [3.8, 4) is 11.5 Å². The molecule has 0 heterocycles. The highest BCUT2D eigenvalue weighted by molar-refractivity contribution is 6.83. The molecule has 0 aliphatic carbocycles.